The first-order valence-electron chi connectivity index (χ1n) is 7.30. The lowest BCUT2D eigenvalue weighted by molar-refractivity contribution is -0.223. The van der Waals surface area contributed by atoms with Crippen molar-refractivity contribution in [2.45, 2.75) is 68.8 Å². The summed E-state index contributed by atoms with van der Waals surface area (Å²) in [7, 11) is 0. The Morgan fingerprint density at radius 3 is 1.70 bits per heavy atom. The van der Waals surface area contributed by atoms with E-state index in [4.69, 9.17) is 39.7 Å². The highest BCUT2D eigenvalue weighted by molar-refractivity contribution is 4.94. The van der Waals surface area contributed by atoms with Gasteiger partial charge in [-0.25, -0.2) is 0 Å². The Balaban J connectivity index is 0.000000174. The van der Waals surface area contributed by atoms with Gasteiger partial charge in [-0.3, -0.25) is 0 Å². The minimum absolute atomic E-state index is 0.169. The maximum absolute atomic E-state index is 9.39. The van der Waals surface area contributed by atoms with Gasteiger partial charge < -0.3 is 49.6 Å². The van der Waals surface area contributed by atoms with Crippen LogP contribution in [0.2, 0.25) is 0 Å². The molecule has 0 amide bonds. The van der Waals surface area contributed by atoms with Crippen LogP contribution in [-0.4, -0.2) is 98.8 Å². The molecule has 3 fully saturated rings. The van der Waals surface area contributed by atoms with E-state index in [2.05, 4.69) is 4.74 Å². The third-order valence-electron chi connectivity index (χ3n) is 3.82. The van der Waals surface area contributed by atoms with Crippen molar-refractivity contribution in [1.82, 2.24) is 0 Å². The van der Waals surface area contributed by atoms with Crippen LogP contribution in [0.3, 0.4) is 0 Å². The van der Waals surface area contributed by atoms with Crippen molar-refractivity contribution in [2.24, 2.45) is 0 Å². The van der Waals surface area contributed by atoms with Crippen molar-refractivity contribution in [3.8, 4) is 0 Å². The first-order chi connectivity index (χ1) is 10.7. The quantitative estimate of drug-likeness (QED) is 0.300. The molecule has 0 aromatic heterocycles. The lowest BCUT2D eigenvalue weighted by Crippen LogP contribution is -2.33. The Bertz CT molecular complexity index is 391. The van der Waals surface area contributed by atoms with Crippen LogP contribution < -0.4 is 0 Å². The summed E-state index contributed by atoms with van der Waals surface area (Å²) in [5, 5.41) is 53.3. The molecule has 136 valence electrons. The van der Waals surface area contributed by atoms with Gasteiger partial charge in [0.05, 0.1) is 13.2 Å². The minimum atomic E-state index is -1.38. The highest BCUT2D eigenvalue weighted by Gasteiger charge is 2.54. The highest BCUT2D eigenvalue weighted by atomic mass is 16.8. The molecule has 0 radical (unpaired) electrons. The van der Waals surface area contributed by atoms with Crippen LogP contribution in [0.15, 0.2) is 0 Å². The number of hydrogen-bond donors (Lipinski definition) is 6. The average Bonchev–Trinajstić information content (AvgIpc) is 3.05. The van der Waals surface area contributed by atoms with Gasteiger partial charge in [-0.15, -0.1) is 0 Å². The second-order valence-corrected chi connectivity index (χ2v) is 6.04. The monoisotopic (exact) mass is 340 g/mol. The second kappa shape index (κ2) is 7.23. The maximum atomic E-state index is 9.39. The van der Waals surface area contributed by atoms with Crippen LogP contribution >= 0.6 is 0 Å². The van der Waals surface area contributed by atoms with E-state index < -0.39 is 55.5 Å². The van der Waals surface area contributed by atoms with Gasteiger partial charge in [-0.1, -0.05) is 0 Å². The van der Waals surface area contributed by atoms with E-state index in [-0.39, 0.29) is 12.7 Å². The molecule has 6 unspecified atom stereocenters. The molecule has 3 saturated heterocycles. The number of aliphatic hydroxyl groups excluding tert-OH is 6. The molecule has 8 atom stereocenters. The van der Waals surface area contributed by atoms with Crippen molar-refractivity contribution < 1.29 is 49.6 Å². The van der Waals surface area contributed by atoms with Crippen molar-refractivity contribution in [3.63, 3.8) is 0 Å². The molecule has 10 nitrogen and oxygen atoms in total. The molecule has 0 bridgehead atoms. The Morgan fingerprint density at radius 2 is 1.26 bits per heavy atom. The van der Waals surface area contributed by atoms with Crippen molar-refractivity contribution in [3.05, 3.63) is 0 Å². The van der Waals surface area contributed by atoms with Gasteiger partial charge in [0.2, 0.25) is 0 Å². The van der Waals surface area contributed by atoms with E-state index in [1.165, 1.54) is 0 Å². The van der Waals surface area contributed by atoms with Crippen LogP contribution in [0.1, 0.15) is 13.8 Å². The standard InChI is InChI=1S/C8H14O5.C5H10O5/c1-8(2)12-5-4(3-9)11-7(10)6(5)13-8;6-1-2-3(7)4(8)5(9)10-2/h4-7,9-10H,3H2,1-2H3;2-9H,1H2/t4-,5?,6?,7?;2-,3?,4?,5?/m00/s1. The van der Waals surface area contributed by atoms with Gasteiger partial charge >= 0.3 is 0 Å². The summed E-state index contributed by atoms with van der Waals surface area (Å²) in [5.41, 5.74) is 0. The zero-order valence-electron chi connectivity index (χ0n) is 12.8. The Labute approximate surface area is 132 Å². The molecular formula is C13H24O10. The van der Waals surface area contributed by atoms with Crippen molar-refractivity contribution in [1.29, 1.82) is 0 Å². The molecule has 3 heterocycles. The molecule has 3 rings (SSSR count). The van der Waals surface area contributed by atoms with E-state index in [0.717, 1.165) is 0 Å². The molecule has 10 heteroatoms. The van der Waals surface area contributed by atoms with Gasteiger partial charge in [0, 0.05) is 0 Å². The molecule has 0 aromatic rings. The lowest BCUT2D eigenvalue weighted by Gasteiger charge is -2.21. The van der Waals surface area contributed by atoms with E-state index >= 15 is 0 Å². The molecule has 6 N–H and O–H groups in total. The molecule has 23 heavy (non-hydrogen) atoms. The molecule has 0 aliphatic carbocycles. The Hall–Kier alpha value is -0.400. The fraction of sp³-hybridized carbons (Fsp3) is 1.00. The summed E-state index contributed by atoms with van der Waals surface area (Å²) in [6, 6.07) is 0. The van der Waals surface area contributed by atoms with Gasteiger partial charge in [-0.05, 0) is 13.8 Å². The topological polar surface area (TPSA) is 158 Å². The SMILES string of the molecule is CC1(C)OC2C(O)O[C@@H](CO)C2O1.OC[C@@H]1OC(O)C(O)C1O. The van der Waals surface area contributed by atoms with E-state index in [0.29, 0.717) is 0 Å². The van der Waals surface area contributed by atoms with Crippen LogP contribution in [-0.2, 0) is 18.9 Å². The second-order valence-electron chi connectivity index (χ2n) is 6.04. The van der Waals surface area contributed by atoms with E-state index in [1.807, 2.05) is 0 Å². The average molecular weight is 340 g/mol. The van der Waals surface area contributed by atoms with Crippen molar-refractivity contribution in [2.75, 3.05) is 13.2 Å². The predicted octanol–water partition coefficient (Wildman–Crippen LogP) is -3.37. The Kier molecular flexibility index (Phi) is 5.95. The third kappa shape index (κ3) is 3.99. The van der Waals surface area contributed by atoms with E-state index in [9.17, 15) is 5.11 Å². The fourth-order valence-electron chi connectivity index (χ4n) is 2.69. The highest BCUT2D eigenvalue weighted by Crippen LogP contribution is 2.37. The minimum Gasteiger partial charge on any atom is -0.394 e. The van der Waals surface area contributed by atoms with Crippen LogP contribution in [0.5, 0.6) is 0 Å². The third-order valence-corrected chi connectivity index (χ3v) is 3.82. The van der Waals surface area contributed by atoms with Gasteiger partial charge in [-0.2, -0.15) is 0 Å². The van der Waals surface area contributed by atoms with Gasteiger partial charge in [0.25, 0.3) is 0 Å². The maximum Gasteiger partial charge on any atom is 0.184 e. The largest absolute Gasteiger partial charge is 0.394 e. The van der Waals surface area contributed by atoms with Gasteiger partial charge in [0.15, 0.2) is 18.4 Å². The number of aliphatic hydroxyl groups is 6. The van der Waals surface area contributed by atoms with Crippen LogP contribution in [0.4, 0.5) is 0 Å². The molecule has 3 aliphatic rings. The Morgan fingerprint density at radius 1 is 0.739 bits per heavy atom. The number of fused-ring (bicyclic) bond motifs is 1. The lowest BCUT2D eigenvalue weighted by atomic mass is 10.1. The smallest absolute Gasteiger partial charge is 0.184 e. The summed E-state index contributed by atoms with van der Waals surface area (Å²) >= 11 is 0. The summed E-state index contributed by atoms with van der Waals surface area (Å²) < 4.78 is 20.5. The molecule has 0 aromatic carbocycles. The summed E-state index contributed by atoms with van der Waals surface area (Å²) in [4.78, 5) is 0. The molecule has 0 saturated carbocycles. The van der Waals surface area contributed by atoms with E-state index in [1.54, 1.807) is 13.8 Å². The number of rotatable bonds is 2. The predicted molar refractivity (Wildman–Crippen MR) is 71.8 cm³/mol. The first kappa shape index (κ1) is 18.9. The normalized spacial score (nSPS) is 48.0. The zero-order valence-corrected chi connectivity index (χ0v) is 12.8. The zero-order chi connectivity index (χ0) is 17.4. The summed E-state index contributed by atoms with van der Waals surface area (Å²) in [6.45, 7) is 2.96. The number of ether oxygens (including phenoxy) is 4. The summed E-state index contributed by atoms with van der Waals surface area (Å²) in [5.74, 6) is -0.701. The van der Waals surface area contributed by atoms with Crippen LogP contribution in [0, 0.1) is 0 Å². The number of hydrogen-bond acceptors (Lipinski definition) is 10. The molecule has 0 spiro atoms. The first-order valence-corrected chi connectivity index (χ1v) is 7.30. The fourth-order valence-corrected chi connectivity index (χ4v) is 2.69. The van der Waals surface area contributed by atoms with Crippen molar-refractivity contribution >= 4 is 0 Å². The summed E-state index contributed by atoms with van der Waals surface area (Å²) in [6.07, 6.45) is -7.08. The van der Waals surface area contributed by atoms with Gasteiger partial charge in [0.1, 0.15) is 36.6 Å². The van der Waals surface area contributed by atoms with Crippen LogP contribution in [0.25, 0.3) is 0 Å². The molecular weight excluding hydrogens is 316 g/mol. The molecule has 3 aliphatic heterocycles.